The van der Waals surface area contributed by atoms with Crippen molar-refractivity contribution in [3.63, 3.8) is 0 Å². The number of hydrogen-bond acceptors (Lipinski definition) is 3. The van der Waals surface area contributed by atoms with E-state index in [9.17, 15) is 9.90 Å². The van der Waals surface area contributed by atoms with Crippen LogP contribution in [0, 0.1) is 0 Å². The molecule has 4 heteroatoms. The molecule has 1 aromatic carbocycles. The average Bonchev–Trinajstić information content (AvgIpc) is 2.26. The van der Waals surface area contributed by atoms with Gasteiger partial charge in [0.05, 0.1) is 5.88 Å². The van der Waals surface area contributed by atoms with Crippen LogP contribution >= 0.6 is 11.6 Å². The van der Waals surface area contributed by atoms with E-state index in [4.69, 9.17) is 16.3 Å². The van der Waals surface area contributed by atoms with Crippen molar-refractivity contribution in [1.29, 1.82) is 0 Å². The third-order valence-electron chi connectivity index (χ3n) is 1.86. The number of alkyl halides is 1. The predicted octanol–water partition coefficient (Wildman–Crippen LogP) is 1.87. The van der Waals surface area contributed by atoms with Gasteiger partial charge in [-0.1, -0.05) is 12.1 Å². The SMILES string of the molecule is CC(=O)c1cccc(OC[C@@H](O)CCl)c1. The molecule has 0 radical (unpaired) electrons. The first-order valence-corrected chi connectivity index (χ1v) is 5.14. The standard InChI is InChI=1S/C11H13ClO3/c1-8(13)9-3-2-4-11(5-9)15-7-10(14)6-12/h2-5,10,14H,6-7H2,1H3/t10-/m0/s1. The zero-order chi connectivity index (χ0) is 11.3. The number of Topliss-reactive ketones (excluding diaryl/α,β-unsaturated/α-hetero) is 1. The Bertz CT molecular complexity index is 338. The van der Waals surface area contributed by atoms with Crippen LogP contribution in [0.4, 0.5) is 0 Å². The number of halogens is 1. The van der Waals surface area contributed by atoms with Crippen LogP contribution in [0.5, 0.6) is 5.75 Å². The Morgan fingerprint density at radius 2 is 2.33 bits per heavy atom. The maximum absolute atomic E-state index is 11.1. The second-order valence-electron chi connectivity index (χ2n) is 3.20. The summed E-state index contributed by atoms with van der Waals surface area (Å²) in [6.07, 6.45) is -0.687. The van der Waals surface area contributed by atoms with Crippen LogP contribution in [0.1, 0.15) is 17.3 Å². The van der Waals surface area contributed by atoms with Gasteiger partial charge in [-0.15, -0.1) is 11.6 Å². The Morgan fingerprint density at radius 1 is 1.60 bits per heavy atom. The molecule has 0 saturated carbocycles. The number of aliphatic hydroxyl groups is 1. The average molecular weight is 229 g/mol. The highest BCUT2D eigenvalue weighted by Gasteiger charge is 2.04. The molecule has 0 unspecified atom stereocenters. The van der Waals surface area contributed by atoms with E-state index >= 15 is 0 Å². The van der Waals surface area contributed by atoms with E-state index in [-0.39, 0.29) is 18.3 Å². The third-order valence-corrected chi connectivity index (χ3v) is 2.22. The van der Waals surface area contributed by atoms with Crippen molar-refractivity contribution in [2.45, 2.75) is 13.0 Å². The van der Waals surface area contributed by atoms with E-state index in [0.29, 0.717) is 11.3 Å². The van der Waals surface area contributed by atoms with Crippen molar-refractivity contribution >= 4 is 17.4 Å². The number of ketones is 1. The van der Waals surface area contributed by atoms with Gasteiger partial charge >= 0.3 is 0 Å². The largest absolute Gasteiger partial charge is 0.491 e. The zero-order valence-electron chi connectivity index (χ0n) is 8.44. The molecule has 0 aliphatic carbocycles. The highest BCUT2D eigenvalue weighted by molar-refractivity contribution is 6.18. The molecule has 0 fully saturated rings. The van der Waals surface area contributed by atoms with Gasteiger partial charge in [-0.05, 0) is 19.1 Å². The smallest absolute Gasteiger partial charge is 0.159 e. The number of carbonyl (C=O) groups is 1. The van der Waals surface area contributed by atoms with Gasteiger partial charge in [0, 0.05) is 5.56 Å². The summed E-state index contributed by atoms with van der Waals surface area (Å²) in [7, 11) is 0. The molecule has 1 atom stereocenters. The minimum absolute atomic E-state index is 0.0154. The van der Waals surface area contributed by atoms with E-state index in [1.165, 1.54) is 6.92 Å². The number of rotatable bonds is 5. The van der Waals surface area contributed by atoms with Gasteiger partial charge in [-0.3, -0.25) is 4.79 Å². The molecule has 0 bridgehead atoms. The van der Waals surface area contributed by atoms with Gasteiger partial charge in [0.15, 0.2) is 5.78 Å². The molecule has 0 heterocycles. The predicted molar refractivity (Wildman–Crippen MR) is 58.7 cm³/mol. The number of carbonyl (C=O) groups excluding carboxylic acids is 1. The number of benzene rings is 1. The number of ether oxygens (including phenoxy) is 1. The highest BCUT2D eigenvalue weighted by Crippen LogP contribution is 2.14. The third kappa shape index (κ3) is 3.90. The van der Waals surface area contributed by atoms with Crippen LogP contribution in [0.3, 0.4) is 0 Å². The summed E-state index contributed by atoms with van der Waals surface area (Å²) >= 11 is 5.42. The van der Waals surface area contributed by atoms with Gasteiger partial charge in [0.1, 0.15) is 18.5 Å². The second-order valence-corrected chi connectivity index (χ2v) is 3.51. The Balaban J connectivity index is 2.62. The quantitative estimate of drug-likeness (QED) is 0.618. The fourth-order valence-electron chi connectivity index (χ4n) is 1.04. The van der Waals surface area contributed by atoms with Crippen molar-refractivity contribution in [2.24, 2.45) is 0 Å². The normalized spacial score (nSPS) is 12.2. The van der Waals surface area contributed by atoms with E-state index < -0.39 is 6.10 Å². The van der Waals surface area contributed by atoms with E-state index in [0.717, 1.165) is 0 Å². The lowest BCUT2D eigenvalue weighted by atomic mass is 10.1. The highest BCUT2D eigenvalue weighted by atomic mass is 35.5. The second kappa shape index (κ2) is 5.73. The Morgan fingerprint density at radius 3 is 2.93 bits per heavy atom. The van der Waals surface area contributed by atoms with E-state index in [1.807, 2.05) is 0 Å². The molecule has 3 nitrogen and oxygen atoms in total. The summed E-state index contributed by atoms with van der Waals surface area (Å²) in [4.78, 5) is 11.1. The Hall–Kier alpha value is -1.06. The molecule has 1 rings (SSSR count). The summed E-state index contributed by atoms with van der Waals surface area (Å²) in [6.45, 7) is 1.62. The lowest BCUT2D eigenvalue weighted by molar-refractivity contribution is 0.101. The van der Waals surface area contributed by atoms with Crippen molar-refractivity contribution in [3.05, 3.63) is 29.8 Å². The van der Waals surface area contributed by atoms with Gasteiger partial charge in [0.2, 0.25) is 0 Å². The molecular weight excluding hydrogens is 216 g/mol. The maximum Gasteiger partial charge on any atom is 0.159 e. The molecule has 0 amide bonds. The minimum Gasteiger partial charge on any atom is -0.491 e. The van der Waals surface area contributed by atoms with Gasteiger partial charge in [0.25, 0.3) is 0 Å². The van der Waals surface area contributed by atoms with Crippen LogP contribution in [0.15, 0.2) is 24.3 Å². The van der Waals surface area contributed by atoms with Crippen molar-refractivity contribution in [3.8, 4) is 5.75 Å². The first-order valence-electron chi connectivity index (χ1n) is 4.61. The summed E-state index contributed by atoms with van der Waals surface area (Å²) in [5, 5.41) is 9.17. The maximum atomic E-state index is 11.1. The van der Waals surface area contributed by atoms with E-state index in [1.54, 1.807) is 24.3 Å². The van der Waals surface area contributed by atoms with Crippen LogP contribution in [-0.4, -0.2) is 29.5 Å². The fourth-order valence-corrected chi connectivity index (χ4v) is 1.13. The molecule has 0 aliphatic rings. The van der Waals surface area contributed by atoms with Gasteiger partial charge in [-0.25, -0.2) is 0 Å². The van der Waals surface area contributed by atoms with Crippen molar-refractivity contribution in [2.75, 3.05) is 12.5 Å². The molecule has 0 aromatic heterocycles. The minimum atomic E-state index is -0.687. The van der Waals surface area contributed by atoms with Crippen LogP contribution in [0.2, 0.25) is 0 Å². The Kier molecular flexibility index (Phi) is 4.59. The van der Waals surface area contributed by atoms with E-state index in [2.05, 4.69) is 0 Å². The Labute approximate surface area is 93.6 Å². The molecular formula is C11H13ClO3. The summed E-state index contributed by atoms with van der Waals surface area (Å²) in [5.41, 5.74) is 0.591. The van der Waals surface area contributed by atoms with Crippen LogP contribution in [-0.2, 0) is 0 Å². The molecule has 0 aliphatic heterocycles. The molecule has 15 heavy (non-hydrogen) atoms. The lowest BCUT2D eigenvalue weighted by Gasteiger charge is -2.09. The molecule has 0 saturated heterocycles. The van der Waals surface area contributed by atoms with Crippen LogP contribution < -0.4 is 4.74 Å². The molecule has 1 N–H and O–H groups in total. The summed E-state index contributed by atoms with van der Waals surface area (Å²) in [5.74, 6) is 0.678. The van der Waals surface area contributed by atoms with Crippen LogP contribution in [0.25, 0.3) is 0 Å². The first kappa shape index (κ1) is 12.0. The van der Waals surface area contributed by atoms with Crippen molar-refractivity contribution < 1.29 is 14.6 Å². The first-order chi connectivity index (χ1) is 7.13. The molecule has 82 valence electrons. The number of hydrogen-bond donors (Lipinski definition) is 1. The number of aliphatic hydroxyl groups excluding tert-OH is 1. The van der Waals surface area contributed by atoms with Gasteiger partial charge < -0.3 is 9.84 Å². The topological polar surface area (TPSA) is 46.5 Å². The summed E-state index contributed by atoms with van der Waals surface area (Å²) in [6, 6.07) is 6.82. The van der Waals surface area contributed by atoms with Gasteiger partial charge in [-0.2, -0.15) is 0 Å². The monoisotopic (exact) mass is 228 g/mol. The fraction of sp³-hybridized carbons (Fsp3) is 0.364. The molecule has 1 aromatic rings. The lowest BCUT2D eigenvalue weighted by Crippen LogP contribution is -2.18. The van der Waals surface area contributed by atoms with Crippen molar-refractivity contribution in [1.82, 2.24) is 0 Å². The molecule has 0 spiro atoms. The zero-order valence-corrected chi connectivity index (χ0v) is 9.20. The summed E-state index contributed by atoms with van der Waals surface area (Å²) < 4.78 is 5.26.